The quantitative estimate of drug-likeness (QED) is 0.885. The summed E-state index contributed by atoms with van der Waals surface area (Å²) < 4.78 is 26.4. The third-order valence-corrected chi connectivity index (χ3v) is 5.88. The van der Waals surface area contributed by atoms with Gasteiger partial charge in [0.25, 0.3) is 10.0 Å². The molecule has 1 atom stereocenters. The maximum Gasteiger partial charge on any atom is 0.252 e. The predicted molar refractivity (Wildman–Crippen MR) is 67.8 cm³/mol. The van der Waals surface area contributed by atoms with E-state index in [0.29, 0.717) is 10.8 Å². The molecule has 0 amide bonds. The number of hydrogen-bond donors (Lipinski definition) is 1. The lowest BCUT2D eigenvalue weighted by Crippen LogP contribution is -2.51. The van der Waals surface area contributed by atoms with Crippen LogP contribution in [0.25, 0.3) is 0 Å². The van der Waals surface area contributed by atoms with Crippen molar-refractivity contribution in [2.75, 3.05) is 19.6 Å². The molecule has 1 N–H and O–H groups in total. The minimum atomic E-state index is -3.26. The summed E-state index contributed by atoms with van der Waals surface area (Å²) in [7, 11) is -3.26. The smallest absolute Gasteiger partial charge is 0.252 e. The van der Waals surface area contributed by atoms with Crippen LogP contribution in [0.3, 0.4) is 0 Å². The molecule has 1 saturated heterocycles. The topological polar surface area (TPSA) is 49.4 Å². The van der Waals surface area contributed by atoms with E-state index in [-0.39, 0.29) is 18.4 Å². The van der Waals surface area contributed by atoms with Crippen molar-refractivity contribution in [1.82, 2.24) is 9.62 Å². The third kappa shape index (κ3) is 2.57. The maximum absolute atomic E-state index is 12.2. The Bertz CT molecular complexity index is 419. The molecule has 0 aliphatic carbocycles. The molecule has 1 aromatic heterocycles. The van der Waals surface area contributed by atoms with Crippen LogP contribution in [-0.2, 0) is 10.0 Å². The lowest BCUT2D eigenvalue weighted by atomic mass is 10.3. The number of sulfonamides is 1. The van der Waals surface area contributed by atoms with Gasteiger partial charge < -0.3 is 5.32 Å². The Morgan fingerprint density at radius 1 is 1.56 bits per heavy atom. The molecule has 1 aromatic rings. The summed E-state index contributed by atoms with van der Waals surface area (Å²) in [4.78, 5) is 0. The van der Waals surface area contributed by atoms with Gasteiger partial charge in [-0.3, -0.25) is 0 Å². The van der Waals surface area contributed by atoms with E-state index in [2.05, 4.69) is 5.32 Å². The minimum Gasteiger partial charge on any atom is -0.314 e. The Kier molecular flexibility index (Phi) is 4.75. The average molecular weight is 283 g/mol. The number of nitrogens with one attached hydrogen (secondary N) is 1. The van der Waals surface area contributed by atoms with Crippen molar-refractivity contribution in [1.29, 1.82) is 0 Å². The first-order valence-electron chi connectivity index (χ1n) is 4.88. The van der Waals surface area contributed by atoms with Gasteiger partial charge in [-0.15, -0.1) is 23.7 Å². The van der Waals surface area contributed by atoms with E-state index < -0.39 is 10.0 Å². The van der Waals surface area contributed by atoms with E-state index >= 15 is 0 Å². The van der Waals surface area contributed by atoms with Gasteiger partial charge in [0, 0.05) is 25.7 Å². The van der Waals surface area contributed by atoms with Gasteiger partial charge in [0.1, 0.15) is 4.21 Å². The first-order valence-corrected chi connectivity index (χ1v) is 7.20. The molecule has 0 unspecified atom stereocenters. The van der Waals surface area contributed by atoms with Gasteiger partial charge in [-0.05, 0) is 18.4 Å². The summed E-state index contributed by atoms with van der Waals surface area (Å²) in [5.74, 6) is 0. The number of piperazine rings is 1. The highest BCUT2D eigenvalue weighted by molar-refractivity contribution is 7.91. The highest BCUT2D eigenvalue weighted by Crippen LogP contribution is 2.23. The summed E-state index contributed by atoms with van der Waals surface area (Å²) in [6.07, 6.45) is 0. The fraction of sp³-hybridized carbons (Fsp3) is 0.556. The van der Waals surface area contributed by atoms with Crippen LogP contribution in [0.5, 0.6) is 0 Å². The Labute approximate surface area is 106 Å². The van der Waals surface area contributed by atoms with Crippen LogP contribution in [0.1, 0.15) is 6.92 Å². The van der Waals surface area contributed by atoms with Gasteiger partial charge in [-0.2, -0.15) is 4.31 Å². The molecule has 0 saturated carbocycles. The lowest BCUT2D eigenvalue weighted by molar-refractivity contribution is 0.284. The van der Waals surface area contributed by atoms with Crippen molar-refractivity contribution in [2.24, 2.45) is 0 Å². The van der Waals surface area contributed by atoms with Crippen molar-refractivity contribution in [3.8, 4) is 0 Å². The van der Waals surface area contributed by atoms with E-state index in [1.165, 1.54) is 11.3 Å². The number of rotatable bonds is 2. The van der Waals surface area contributed by atoms with E-state index in [0.717, 1.165) is 13.1 Å². The molecule has 7 heteroatoms. The van der Waals surface area contributed by atoms with Crippen molar-refractivity contribution in [3.05, 3.63) is 17.5 Å². The average Bonchev–Trinajstić information content (AvgIpc) is 2.71. The fourth-order valence-electron chi connectivity index (χ4n) is 1.71. The zero-order chi connectivity index (χ0) is 10.9. The Hall–Kier alpha value is -0.140. The molecule has 2 rings (SSSR count). The number of halogens is 1. The molecule has 0 radical (unpaired) electrons. The molecule has 1 aliphatic rings. The lowest BCUT2D eigenvalue weighted by Gasteiger charge is -2.32. The molecule has 0 aromatic carbocycles. The highest BCUT2D eigenvalue weighted by atomic mass is 35.5. The monoisotopic (exact) mass is 282 g/mol. The summed E-state index contributed by atoms with van der Waals surface area (Å²) in [5.41, 5.74) is 0. The van der Waals surface area contributed by atoms with Gasteiger partial charge >= 0.3 is 0 Å². The second-order valence-corrected chi connectivity index (χ2v) is 6.67. The van der Waals surface area contributed by atoms with Crippen molar-refractivity contribution < 1.29 is 8.42 Å². The molecule has 1 aliphatic heterocycles. The SMILES string of the molecule is C[C@H]1CNCCN1S(=O)(=O)c1cccs1.Cl. The minimum absolute atomic E-state index is 0. The van der Waals surface area contributed by atoms with Crippen LogP contribution in [0.2, 0.25) is 0 Å². The van der Waals surface area contributed by atoms with E-state index in [9.17, 15) is 8.42 Å². The number of nitrogens with zero attached hydrogens (tertiary/aromatic N) is 1. The molecule has 4 nitrogen and oxygen atoms in total. The summed E-state index contributed by atoms with van der Waals surface area (Å²) >= 11 is 1.28. The Morgan fingerprint density at radius 3 is 2.88 bits per heavy atom. The van der Waals surface area contributed by atoms with E-state index in [1.807, 2.05) is 6.92 Å². The van der Waals surface area contributed by atoms with Gasteiger partial charge in [0.2, 0.25) is 0 Å². The Balaban J connectivity index is 0.00000128. The van der Waals surface area contributed by atoms with Crippen molar-refractivity contribution >= 4 is 33.8 Å². The van der Waals surface area contributed by atoms with Gasteiger partial charge in [-0.1, -0.05) is 6.07 Å². The van der Waals surface area contributed by atoms with Crippen molar-refractivity contribution in [3.63, 3.8) is 0 Å². The first-order chi connectivity index (χ1) is 7.12. The molecule has 1 fully saturated rings. The van der Waals surface area contributed by atoms with Crippen LogP contribution in [0.15, 0.2) is 21.7 Å². The molecule has 0 spiro atoms. The van der Waals surface area contributed by atoms with Crippen LogP contribution in [0, 0.1) is 0 Å². The predicted octanol–water partition coefficient (Wildman–Crippen LogP) is 1.15. The fourth-order valence-corrected chi connectivity index (χ4v) is 4.46. The van der Waals surface area contributed by atoms with E-state index in [1.54, 1.807) is 21.8 Å². The zero-order valence-electron chi connectivity index (χ0n) is 8.92. The standard InChI is InChI=1S/C9H14N2O2S2.ClH/c1-8-7-10-4-5-11(8)15(12,13)9-3-2-6-14-9;/h2-3,6,8,10H,4-5,7H2,1H3;1H/t8-;/m0./s1. The molecule has 2 heterocycles. The summed E-state index contributed by atoms with van der Waals surface area (Å²) in [6.45, 7) is 3.94. The van der Waals surface area contributed by atoms with Crippen LogP contribution in [-0.4, -0.2) is 38.4 Å². The zero-order valence-corrected chi connectivity index (χ0v) is 11.4. The van der Waals surface area contributed by atoms with Crippen LogP contribution in [0.4, 0.5) is 0 Å². The maximum atomic E-state index is 12.2. The van der Waals surface area contributed by atoms with Gasteiger partial charge in [0.15, 0.2) is 0 Å². The number of thiophene rings is 1. The second-order valence-electron chi connectivity index (χ2n) is 3.60. The van der Waals surface area contributed by atoms with Gasteiger partial charge in [-0.25, -0.2) is 8.42 Å². The van der Waals surface area contributed by atoms with E-state index in [4.69, 9.17) is 0 Å². The largest absolute Gasteiger partial charge is 0.314 e. The third-order valence-electron chi connectivity index (χ3n) is 2.50. The normalized spacial score (nSPS) is 22.7. The molecule has 0 bridgehead atoms. The molecule has 92 valence electrons. The van der Waals surface area contributed by atoms with Crippen LogP contribution >= 0.6 is 23.7 Å². The Morgan fingerprint density at radius 2 is 2.31 bits per heavy atom. The number of hydrogen-bond acceptors (Lipinski definition) is 4. The summed E-state index contributed by atoms with van der Waals surface area (Å²) in [6, 6.07) is 3.46. The molecule has 16 heavy (non-hydrogen) atoms. The summed E-state index contributed by atoms with van der Waals surface area (Å²) in [5, 5.41) is 4.97. The first kappa shape index (κ1) is 13.9. The molecular weight excluding hydrogens is 268 g/mol. The van der Waals surface area contributed by atoms with Gasteiger partial charge in [0.05, 0.1) is 0 Å². The van der Waals surface area contributed by atoms with Crippen LogP contribution < -0.4 is 5.32 Å². The molecular formula is C9H15ClN2O2S2. The second kappa shape index (κ2) is 5.46. The highest BCUT2D eigenvalue weighted by Gasteiger charge is 2.31. The van der Waals surface area contributed by atoms with Crippen molar-refractivity contribution in [2.45, 2.75) is 17.2 Å².